The van der Waals surface area contributed by atoms with Crippen molar-refractivity contribution in [3.05, 3.63) is 35.6 Å². The molecule has 0 aliphatic carbocycles. The summed E-state index contributed by atoms with van der Waals surface area (Å²) in [5.74, 6) is 0.310. The van der Waals surface area contributed by atoms with E-state index in [-0.39, 0.29) is 17.8 Å². The molecule has 0 radical (unpaired) electrons. The predicted octanol–water partition coefficient (Wildman–Crippen LogP) is 0.801. The van der Waals surface area contributed by atoms with Crippen LogP contribution in [0.25, 0.3) is 0 Å². The number of halogens is 1. The molecule has 3 rings (SSSR count). The van der Waals surface area contributed by atoms with Crippen molar-refractivity contribution in [3.8, 4) is 0 Å². The zero-order chi connectivity index (χ0) is 15.5. The Morgan fingerprint density at radius 2 is 2.05 bits per heavy atom. The molecule has 1 aromatic carbocycles. The quantitative estimate of drug-likeness (QED) is 0.773. The molecule has 120 valence electrons. The Labute approximate surface area is 130 Å². The van der Waals surface area contributed by atoms with Gasteiger partial charge in [-0.15, -0.1) is 0 Å². The molecule has 1 amide bonds. The fourth-order valence-corrected chi connectivity index (χ4v) is 3.25. The van der Waals surface area contributed by atoms with Crippen LogP contribution < -0.4 is 16.2 Å². The minimum absolute atomic E-state index is 0.132. The van der Waals surface area contributed by atoms with E-state index in [4.69, 9.17) is 0 Å². The van der Waals surface area contributed by atoms with Crippen molar-refractivity contribution in [3.63, 3.8) is 0 Å². The second-order valence-corrected chi connectivity index (χ2v) is 6.21. The number of rotatable bonds is 3. The molecule has 6 heteroatoms. The number of hydrazine groups is 1. The Bertz CT molecular complexity index is 521. The molecule has 3 atom stereocenters. The number of carbonyl (C=O) groups excluding carboxylic acids is 1. The van der Waals surface area contributed by atoms with E-state index >= 15 is 0 Å². The zero-order valence-electron chi connectivity index (χ0n) is 12.8. The monoisotopic (exact) mass is 306 g/mol. The summed E-state index contributed by atoms with van der Waals surface area (Å²) in [5.41, 5.74) is 7.59. The molecule has 22 heavy (non-hydrogen) atoms. The molecule has 0 bridgehead atoms. The van der Waals surface area contributed by atoms with Gasteiger partial charge in [-0.3, -0.25) is 15.1 Å². The maximum absolute atomic E-state index is 13.1. The molecule has 5 nitrogen and oxygen atoms in total. The molecule has 2 aliphatic rings. The predicted molar refractivity (Wildman–Crippen MR) is 82.4 cm³/mol. The Morgan fingerprint density at radius 1 is 1.27 bits per heavy atom. The van der Waals surface area contributed by atoms with Crippen LogP contribution in [0.5, 0.6) is 0 Å². The first-order chi connectivity index (χ1) is 10.6. The SMILES string of the molecule is CC1CNC(=O)CCN1CC1CNNC1c1ccc(F)cc1. The third kappa shape index (κ3) is 3.45. The van der Waals surface area contributed by atoms with Gasteiger partial charge in [0.15, 0.2) is 0 Å². The second-order valence-electron chi connectivity index (χ2n) is 6.21. The highest BCUT2D eigenvalue weighted by Crippen LogP contribution is 2.26. The van der Waals surface area contributed by atoms with Gasteiger partial charge < -0.3 is 5.32 Å². The molecule has 3 N–H and O–H groups in total. The maximum Gasteiger partial charge on any atom is 0.221 e. The van der Waals surface area contributed by atoms with Gasteiger partial charge in [-0.2, -0.15) is 0 Å². The molecule has 2 saturated heterocycles. The highest BCUT2D eigenvalue weighted by molar-refractivity contribution is 5.76. The highest BCUT2D eigenvalue weighted by atomic mass is 19.1. The number of nitrogens with zero attached hydrogens (tertiary/aromatic N) is 1. The van der Waals surface area contributed by atoms with Crippen LogP contribution in [0.3, 0.4) is 0 Å². The molecule has 2 heterocycles. The standard InChI is InChI=1S/C16H23FN4O/c1-11-8-18-15(22)6-7-21(11)10-13-9-19-20-16(13)12-2-4-14(17)5-3-12/h2-5,11,13,16,19-20H,6-10H2,1H3,(H,18,22). The molecule has 0 spiro atoms. The Morgan fingerprint density at radius 3 is 2.82 bits per heavy atom. The minimum Gasteiger partial charge on any atom is -0.355 e. The largest absolute Gasteiger partial charge is 0.355 e. The van der Waals surface area contributed by atoms with Crippen LogP contribution in [-0.2, 0) is 4.79 Å². The van der Waals surface area contributed by atoms with Gasteiger partial charge >= 0.3 is 0 Å². The lowest BCUT2D eigenvalue weighted by Gasteiger charge is -2.30. The lowest BCUT2D eigenvalue weighted by Crippen LogP contribution is -2.41. The summed E-state index contributed by atoms with van der Waals surface area (Å²) >= 11 is 0. The first-order valence-electron chi connectivity index (χ1n) is 7.88. The van der Waals surface area contributed by atoms with Crippen LogP contribution in [0.2, 0.25) is 0 Å². The van der Waals surface area contributed by atoms with Crippen molar-refractivity contribution in [2.45, 2.75) is 25.4 Å². The number of hydrogen-bond acceptors (Lipinski definition) is 4. The van der Waals surface area contributed by atoms with Gasteiger partial charge in [0.25, 0.3) is 0 Å². The van der Waals surface area contributed by atoms with Gasteiger partial charge in [-0.05, 0) is 24.6 Å². The van der Waals surface area contributed by atoms with Gasteiger partial charge in [0.1, 0.15) is 5.82 Å². The van der Waals surface area contributed by atoms with E-state index in [0.717, 1.165) is 25.2 Å². The summed E-state index contributed by atoms with van der Waals surface area (Å²) in [6.45, 7) is 5.42. The Balaban J connectivity index is 1.68. The third-order valence-electron chi connectivity index (χ3n) is 4.64. The summed E-state index contributed by atoms with van der Waals surface area (Å²) in [7, 11) is 0. The number of benzene rings is 1. The summed E-state index contributed by atoms with van der Waals surface area (Å²) in [6.07, 6.45) is 0.555. The van der Waals surface area contributed by atoms with Crippen LogP contribution in [-0.4, -0.2) is 43.0 Å². The average Bonchev–Trinajstić information content (AvgIpc) is 2.91. The van der Waals surface area contributed by atoms with E-state index in [1.54, 1.807) is 0 Å². The molecule has 0 saturated carbocycles. The van der Waals surface area contributed by atoms with Gasteiger partial charge in [0.05, 0.1) is 6.04 Å². The van der Waals surface area contributed by atoms with Crippen LogP contribution in [0.1, 0.15) is 24.9 Å². The summed E-state index contributed by atoms with van der Waals surface area (Å²) in [6, 6.07) is 7.18. The fourth-order valence-electron chi connectivity index (χ4n) is 3.25. The molecule has 0 aromatic heterocycles. The minimum atomic E-state index is -0.211. The second kappa shape index (κ2) is 6.73. The van der Waals surface area contributed by atoms with Crippen molar-refractivity contribution in [2.75, 3.05) is 26.2 Å². The van der Waals surface area contributed by atoms with Gasteiger partial charge in [0.2, 0.25) is 5.91 Å². The Kier molecular flexibility index (Phi) is 4.71. The van der Waals surface area contributed by atoms with Gasteiger partial charge in [0, 0.05) is 44.6 Å². The lowest BCUT2D eigenvalue weighted by molar-refractivity contribution is -0.120. The number of amides is 1. The van der Waals surface area contributed by atoms with E-state index < -0.39 is 0 Å². The van der Waals surface area contributed by atoms with Gasteiger partial charge in [-0.1, -0.05) is 12.1 Å². The first kappa shape index (κ1) is 15.4. The van der Waals surface area contributed by atoms with Crippen molar-refractivity contribution < 1.29 is 9.18 Å². The van der Waals surface area contributed by atoms with Crippen LogP contribution >= 0.6 is 0 Å². The van der Waals surface area contributed by atoms with Gasteiger partial charge in [-0.25, -0.2) is 9.82 Å². The maximum atomic E-state index is 13.1. The van der Waals surface area contributed by atoms with E-state index in [1.165, 1.54) is 12.1 Å². The molecular formula is C16H23FN4O. The van der Waals surface area contributed by atoms with E-state index in [1.807, 2.05) is 12.1 Å². The lowest BCUT2D eigenvalue weighted by atomic mass is 9.94. The van der Waals surface area contributed by atoms with Crippen LogP contribution in [0.4, 0.5) is 4.39 Å². The van der Waals surface area contributed by atoms with E-state index in [2.05, 4.69) is 28.0 Å². The normalized spacial score (nSPS) is 30.1. The molecule has 1 aromatic rings. The van der Waals surface area contributed by atoms with Crippen LogP contribution in [0.15, 0.2) is 24.3 Å². The smallest absolute Gasteiger partial charge is 0.221 e. The molecule has 2 aliphatic heterocycles. The summed E-state index contributed by atoms with van der Waals surface area (Å²) in [5, 5.41) is 2.94. The topological polar surface area (TPSA) is 56.4 Å². The number of hydrogen-bond donors (Lipinski definition) is 3. The van der Waals surface area contributed by atoms with Crippen molar-refractivity contribution in [1.29, 1.82) is 0 Å². The molecular weight excluding hydrogens is 283 g/mol. The van der Waals surface area contributed by atoms with Crippen LogP contribution in [0, 0.1) is 11.7 Å². The van der Waals surface area contributed by atoms with E-state index in [9.17, 15) is 9.18 Å². The van der Waals surface area contributed by atoms with E-state index in [0.29, 0.717) is 24.9 Å². The summed E-state index contributed by atoms with van der Waals surface area (Å²) < 4.78 is 13.1. The number of carbonyl (C=O) groups is 1. The van der Waals surface area contributed by atoms with Crippen molar-refractivity contribution in [1.82, 2.24) is 21.1 Å². The number of nitrogens with one attached hydrogen (secondary N) is 3. The molecule has 3 unspecified atom stereocenters. The molecule has 2 fully saturated rings. The average molecular weight is 306 g/mol. The Hall–Kier alpha value is -1.50. The summed E-state index contributed by atoms with van der Waals surface area (Å²) in [4.78, 5) is 13.9. The van der Waals surface area contributed by atoms with Crippen molar-refractivity contribution in [2.24, 2.45) is 5.92 Å². The first-order valence-corrected chi connectivity index (χ1v) is 7.88. The van der Waals surface area contributed by atoms with Crippen molar-refractivity contribution >= 4 is 5.91 Å². The fraction of sp³-hybridized carbons (Fsp3) is 0.562. The zero-order valence-corrected chi connectivity index (χ0v) is 12.8. The highest BCUT2D eigenvalue weighted by Gasteiger charge is 2.31. The third-order valence-corrected chi connectivity index (χ3v) is 4.64.